The molecule has 2 unspecified atom stereocenters. The molecule has 2 atom stereocenters. The SMILES string of the molecule is CC(NS(=O)(=O)c1ccccc1)C(=O)N1C=C(Br)c2ccccc2C1CC(=O)OCc1ccccc1. The first-order valence-corrected chi connectivity index (χ1v) is 13.6. The maximum Gasteiger partial charge on any atom is 0.308 e. The van der Waals surface area contributed by atoms with E-state index in [1.54, 1.807) is 24.4 Å². The number of fused-ring (bicyclic) bond motifs is 1. The molecule has 1 aliphatic rings. The smallest absolute Gasteiger partial charge is 0.308 e. The highest BCUT2D eigenvalue weighted by Crippen LogP contribution is 2.39. The highest BCUT2D eigenvalue weighted by molar-refractivity contribution is 9.15. The van der Waals surface area contributed by atoms with Crippen LogP contribution in [0.15, 0.2) is 96.0 Å². The molecule has 36 heavy (non-hydrogen) atoms. The van der Waals surface area contributed by atoms with Gasteiger partial charge in [-0.1, -0.05) is 72.8 Å². The summed E-state index contributed by atoms with van der Waals surface area (Å²) in [6.45, 7) is 1.60. The van der Waals surface area contributed by atoms with Crippen molar-refractivity contribution in [1.82, 2.24) is 9.62 Å². The van der Waals surface area contributed by atoms with Crippen LogP contribution in [0, 0.1) is 0 Å². The van der Waals surface area contributed by atoms with E-state index in [0.717, 1.165) is 16.7 Å². The molecule has 1 N–H and O–H groups in total. The van der Waals surface area contributed by atoms with Gasteiger partial charge in [0, 0.05) is 10.7 Å². The lowest BCUT2D eigenvalue weighted by molar-refractivity contribution is -0.147. The summed E-state index contributed by atoms with van der Waals surface area (Å²) in [6.07, 6.45) is 1.50. The Morgan fingerprint density at radius 3 is 2.28 bits per heavy atom. The van der Waals surface area contributed by atoms with Crippen LogP contribution in [-0.4, -0.2) is 31.2 Å². The summed E-state index contributed by atoms with van der Waals surface area (Å²) in [5, 5.41) is 0. The second kappa shape index (κ2) is 11.2. The molecule has 9 heteroatoms. The maximum atomic E-state index is 13.5. The van der Waals surface area contributed by atoms with E-state index in [4.69, 9.17) is 4.74 Å². The molecule has 7 nitrogen and oxygen atoms in total. The van der Waals surface area contributed by atoms with E-state index in [1.165, 1.54) is 24.0 Å². The van der Waals surface area contributed by atoms with Gasteiger partial charge in [0.05, 0.1) is 23.4 Å². The van der Waals surface area contributed by atoms with Gasteiger partial charge in [0.15, 0.2) is 0 Å². The van der Waals surface area contributed by atoms with Gasteiger partial charge in [-0.25, -0.2) is 8.42 Å². The Morgan fingerprint density at radius 2 is 1.58 bits per heavy atom. The minimum atomic E-state index is -3.92. The molecule has 1 amide bonds. The summed E-state index contributed by atoms with van der Waals surface area (Å²) in [6, 6.07) is 22.9. The van der Waals surface area contributed by atoms with Crippen molar-refractivity contribution in [2.45, 2.75) is 36.9 Å². The number of sulfonamides is 1. The highest BCUT2D eigenvalue weighted by Gasteiger charge is 2.35. The molecule has 0 aliphatic carbocycles. The van der Waals surface area contributed by atoms with Gasteiger partial charge in [0.25, 0.3) is 0 Å². The molecule has 0 aromatic heterocycles. The van der Waals surface area contributed by atoms with Gasteiger partial charge in [-0.05, 0) is 51.7 Å². The third-order valence-electron chi connectivity index (χ3n) is 5.78. The standard InChI is InChI=1S/C27H25BrN2O5S/c1-19(29-36(33,34)21-12-6-3-7-13-21)27(32)30-17-24(28)22-14-8-9-15-23(22)25(30)16-26(31)35-18-20-10-4-2-5-11-20/h2-15,17,19,25,29H,16,18H2,1H3. The Kier molecular flexibility index (Phi) is 8.03. The number of ether oxygens (including phenoxy) is 1. The molecular weight excluding hydrogens is 544 g/mol. The molecule has 3 aromatic carbocycles. The van der Waals surface area contributed by atoms with Crippen molar-refractivity contribution in [2.75, 3.05) is 0 Å². The fourth-order valence-corrected chi connectivity index (χ4v) is 5.79. The van der Waals surface area contributed by atoms with Gasteiger partial charge in [-0.3, -0.25) is 9.59 Å². The van der Waals surface area contributed by atoms with Gasteiger partial charge >= 0.3 is 5.97 Å². The Hall–Kier alpha value is -3.27. The number of esters is 1. The molecule has 0 fully saturated rings. The lowest BCUT2D eigenvalue weighted by Gasteiger charge is -2.35. The number of halogens is 1. The Morgan fingerprint density at radius 1 is 0.972 bits per heavy atom. The highest BCUT2D eigenvalue weighted by atomic mass is 79.9. The second-order valence-electron chi connectivity index (χ2n) is 8.33. The monoisotopic (exact) mass is 568 g/mol. The molecule has 0 spiro atoms. The quantitative estimate of drug-likeness (QED) is 0.395. The van der Waals surface area contributed by atoms with Gasteiger partial charge in [-0.2, -0.15) is 4.72 Å². The van der Waals surface area contributed by atoms with Crippen LogP contribution >= 0.6 is 15.9 Å². The van der Waals surface area contributed by atoms with Gasteiger partial charge in [0.2, 0.25) is 15.9 Å². The van der Waals surface area contributed by atoms with E-state index >= 15 is 0 Å². The number of carbonyl (C=O) groups excluding carboxylic acids is 2. The Labute approximate surface area is 219 Å². The van der Waals surface area contributed by atoms with E-state index in [-0.39, 0.29) is 17.9 Å². The number of hydrogen-bond acceptors (Lipinski definition) is 5. The normalized spacial score (nSPS) is 16.0. The summed E-state index contributed by atoms with van der Waals surface area (Å²) in [7, 11) is -3.92. The van der Waals surface area contributed by atoms with Gasteiger partial charge in [0.1, 0.15) is 6.61 Å². The molecule has 0 bridgehead atoms. The molecule has 4 rings (SSSR count). The summed E-state index contributed by atoms with van der Waals surface area (Å²) < 4.78 is 34.2. The zero-order chi connectivity index (χ0) is 25.7. The minimum absolute atomic E-state index is 0.0615. The third kappa shape index (κ3) is 5.92. The lowest BCUT2D eigenvalue weighted by Crippen LogP contribution is -2.47. The number of benzene rings is 3. The van der Waals surface area contributed by atoms with E-state index in [9.17, 15) is 18.0 Å². The van der Waals surface area contributed by atoms with E-state index < -0.39 is 34.0 Å². The lowest BCUT2D eigenvalue weighted by atomic mass is 9.93. The Balaban J connectivity index is 1.56. The number of rotatable bonds is 8. The molecule has 186 valence electrons. The van der Waals surface area contributed by atoms with Crippen molar-refractivity contribution >= 4 is 42.3 Å². The number of nitrogens with zero attached hydrogens (tertiary/aromatic N) is 1. The molecule has 0 saturated heterocycles. The molecule has 3 aromatic rings. The fourth-order valence-electron chi connectivity index (χ4n) is 3.99. The van der Waals surface area contributed by atoms with Crippen LogP contribution in [0.5, 0.6) is 0 Å². The average molecular weight is 569 g/mol. The first kappa shape index (κ1) is 25.8. The fraction of sp³-hybridized carbons (Fsp3) is 0.185. The predicted octanol–water partition coefficient (Wildman–Crippen LogP) is 4.76. The van der Waals surface area contributed by atoms with Crippen molar-refractivity contribution in [1.29, 1.82) is 0 Å². The molecule has 0 saturated carbocycles. The second-order valence-corrected chi connectivity index (χ2v) is 10.9. The van der Waals surface area contributed by atoms with Gasteiger partial charge in [-0.15, -0.1) is 0 Å². The van der Waals surface area contributed by atoms with Crippen LogP contribution in [0.4, 0.5) is 0 Å². The van der Waals surface area contributed by atoms with Crippen LogP contribution in [0.2, 0.25) is 0 Å². The summed E-state index contributed by atoms with van der Waals surface area (Å²) in [5.74, 6) is -0.970. The van der Waals surface area contributed by atoms with E-state index in [2.05, 4.69) is 20.7 Å². The van der Waals surface area contributed by atoms with Gasteiger partial charge < -0.3 is 9.64 Å². The summed E-state index contributed by atoms with van der Waals surface area (Å²) >= 11 is 3.51. The van der Waals surface area contributed by atoms with Crippen LogP contribution in [0.25, 0.3) is 4.48 Å². The van der Waals surface area contributed by atoms with Crippen molar-refractivity contribution in [2.24, 2.45) is 0 Å². The summed E-state index contributed by atoms with van der Waals surface area (Å²) in [4.78, 5) is 27.8. The number of nitrogens with one attached hydrogen (secondary N) is 1. The Bertz CT molecular complexity index is 1380. The molecule has 1 aliphatic heterocycles. The largest absolute Gasteiger partial charge is 0.461 e. The number of amides is 1. The minimum Gasteiger partial charge on any atom is -0.461 e. The zero-order valence-electron chi connectivity index (χ0n) is 19.5. The molecule has 1 heterocycles. The van der Waals surface area contributed by atoms with Crippen molar-refractivity contribution in [3.8, 4) is 0 Å². The number of carbonyl (C=O) groups is 2. The molecular formula is C27H25BrN2O5S. The first-order chi connectivity index (χ1) is 17.3. The van der Waals surface area contributed by atoms with E-state index in [1.807, 2.05) is 54.6 Å². The number of hydrogen-bond donors (Lipinski definition) is 1. The molecule has 0 radical (unpaired) electrons. The van der Waals surface area contributed by atoms with Crippen LogP contribution in [-0.2, 0) is 31.0 Å². The van der Waals surface area contributed by atoms with Crippen LogP contribution < -0.4 is 4.72 Å². The van der Waals surface area contributed by atoms with Crippen LogP contribution in [0.3, 0.4) is 0 Å². The maximum absolute atomic E-state index is 13.5. The average Bonchev–Trinajstić information content (AvgIpc) is 2.89. The third-order valence-corrected chi connectivity index (χ3v) is 7.97. The van der Waals surface area contributed by atoms with Crippen LogP contribution in [0.1, 0.15) is 36.1 Å². The zero-order valence-corrected chi connectivity index (χ0v) is 21.9. The van der Waals surface area contributed by atoms with Crippen molar-refractivity contribution < 1.29 is 22.7 Å². The summed E-state index contributed by atoms with van der Waals surface area (Å²) in [5.41, 5.74) is 2.46. The topological polar surface area (TPSA) is 92.8 Å². The van der Waals surface area contributed by atoms with Crippen molar-refractivity contribution in [3.05, 3.63) is 108 Å². The predicted molar refractivity (Wildman–Crippen MR) is 140 cm³/mol. The van der Waals surface area contributed by atoms with Crippen molar-refractivity contribution in [3.63, 3.8) is 0 Å². The van der Waals surface area contributed by atoms with E-state index in [0.29, 0.717) is 4.48 Å². The first-order valence-electron chi connectivity index (χ1n) is 11.3.